The first-order chi connectivity index (χ1) is 9.58. The van der Waals surface area contributed by atoms with Crippen LogP contribution < -0.4 is 5.32 Å². The van der Waals surface area contributed by atoms with Crippen LogP contribution in [-0.4, -0.2) is 37.0 Å². The van der Waals surface area contributed by atoms with Crippen LogP contribution in [0.1, 0.15) is 25.3 Å². The van der Waals surface area contributed by atoms with Crippen molar-refractivity contribution in [3.8, 4) is 0 Å². The second-order valence-electron chi connectivity index (χ2n) is 6.30. The molecule has 4 heteroatoms. The predicted molar refractivity (Wildman–Crippen MR) is 75.9 cm³/mol. The average molecular weight is 280 g/mol. The van der Waals surface area contributed by atoms with E-state index in [1.807, 2.05) is 23.1 Å². The number of halogens is 2. The third-order valence-corrected chi connectivity index (χ3v) is 4.64. The Bertz CT molecular complexity index is 447. The molecule has 1 aliphatic carbocycles. The van der Waals surface area contributed by atoms with E-state index in [4.69, 9.17) is 0 Å². The number of hydrogen-bond donors (Lipinski definition) is 1. The zero-order valence-corrected chi connectivity index (χ0v) is 11.9. The first-order valence-corrected chi connectivity index (χ1v) is 7.41. The first kappa shape index (κ1) is 14.0. The summed E-state index contributed by atoms with van der Waals surface area (Å²) in [5, 5.41) is 3.60. The van der Waals surface area contributed by atoms with E-state index < -0.39 is 6.43 Å². The quantitative estimate of drug-likeness (QED) is 0.912. The summed E-state index contributed by atoms with van der Waals surface area (Å²) in [5.41, 5.74) is 0.940. The van der Waals surface area contributed by atoms with Crippen LogP contribution in [0.4, 0.5) is 8.78 Å². The topological polar surface area (TPSA) is 15.3 Å². The normalized spacial score (nSPS) is 31.7. The van der Waals surface area contributed by atoms with Gasteiger partial charge >= 0.3 is 0 Å². The Balaban J connectivity index is 1.78. The lowest BCUT2D eigenvalue weighted by molar-refractivity contribution is 0.0159. The lowest BCUT2D eigenvalue weighted by Gasteiger charge is -2.46. The lowest BCUT2D eigenvalue weighted by Crippen LogP contribution is -2.62. The van der Waals surface area contributed by atoms with Crippen molar-refractivity contribution in [2.45, 2.75) is 37.8 Å². The largest absolute Gasteiger partial charge is 0.305 e. The Morgan fingerprint density at radius 3 is 2.60 bits per heavy atom. The maximum Gasteiger partial charge on any atom is 0.251 e. The molecule has 0 aromatic heterocycles. The fourth-order valence-corrected chi connectivity index (χ4v) is 3.36. The van der Waals surface area contributed by atoms with Gasteiger partial charge in [-0.2, -0.15) is 0 Å². The Labute approximate surface area is 119 Å². The molecule has 1 aromatic rings. The van der Waals surface area contributed by atoms with E-state index in [1.165, 1.54) is 18.4 Å². The standard InChI is InChI=1S/C16H22F2N2/c1-16(13-5-3-2-4-6-13)11-20(10-15(17)18)14(9-19-16)12-7-8-12/h2-6,12,14-15,19H,7-11H2,1H3. The van der Waals surface area contributed by atoms with E-state index in [9.17, 15) is 8.78 Å². The van der Waals surface area contributed by atoms with Gasteiger partial charge in [0, 0.05) is 19.1 Å². The summed E-state index contributed by atoms with van der Waals surface area (Å²) in [7, 11) is 0. The number of rotatable bonds is 4. The van der Waals surface area contributed by atoms with Gasteiger partial charge < -0.3 is 5.32 Å². The molecule has 0 spiro atoms. The molecule has 1 saturated carbocycles. The summed E-state index contributed by atoms with van der Waals surface area (Å²) >= 11 is 0. The first-order valence-electron chi connectivity index (χ1n) is 7.41. The maximum atomic E-state index is 12.9. The van der Waals surface area contributed by atoms with Crippen molar-refractivity contribution in [3.63, 3.8) is 0 Å². The molecule has 0 radical (unpaired) electrons. The summed E-state index contributed by atoms with van der Waals surface area (Å²) in [5.74, 6) is 0.613. The van der Waals surface area contributed by atoms with Crippen molar-refractivity contribution in [2.75, 3.05) is 19.6 Å². The molecule has 3 rings (SSSR count). The Kier molecular flexibility index (Phi) is 3.78. The molecule has 2 aliphatic rings. The molecule has 1 heterocycles. The van der Waals surface area contributed by atoms with Gasteiger partial charge in [-0.3, -0.25) is 4.90 Å². The van der Waals surface area contributed by atoms with Crippen molar-refractivity contribution in [2.24, 2.45) is 5.92 Å². The summed E-state index contributed by atoms with van der Waals surface area (Å²) in [6.07, 6.45) is 0.122. The molecule has 2 fully saturated rings. The van der Waals surface area contributed by atoms with Crippen LogP contribution in [0.25, 0.3) is 0 Å². The fourth-order valence-electron chi connectivity index (χ4n) is 3.36. The van der Waals surface area contributed by atoms with Gasteiger partial charge in [-0.05, 0) is 31.2 Å². The number of nitrogens with one attached hydrogen (secondary N) is 1. The van der Waals surface area contributed by atoms with Crippen LogP contribution in [0.5, 0.6) is 0 Å². The van der Waals surface area contributed by atoms with E-state index >= 15 is 0 Å². The van der Waals surface area contributed by atoms with Gasteiger partial charge in [-0.1, -0.05) is 30.3 Å². The molecule has 1 aromatic carbocycles. The molecule has 2 nitrogen and oxygen atoms in total. The molecule has 0 bridgehead atoms. The number of nitrogens with zero attached hydrogens (tertiary/aromatic N) is 1. The van der Waals surface area contributed by atoms with E-state index in [2.05, 4.69) is 24.4 Å². The molecule has 0 amide bonds. The SMILES string of the molecule is CC1(c2ccccc2)CN(CC(F)F)C(C2CC2)CN1. The fraction of sp³-hybridized carbons (Fsp3) is 0.625. The van der Waals surface area contributed by atoms with Crippen molar-refractivity contribution >= 4 is 0 Å². The van der Waals surface area contributed by atoms with E-state index in [0.717, 1.165) is 6.54 Å². The molecule has 110 valence electrons. The lowest BCUT2D eigenvalue weighted by atomic mass is 9.87. The molecule has 2 atom stereocenters. The van der Waals surface area contributed by atoms with Gasteiger partial charge in [0.2, 0.25) is 0 Å². The van der Waals surface area contributed by atoms with Crippen LogP contribution in [0, 0.1) is 5.92 Å². The number of benzene rings is 1. The monoisotopic (exact) mass is 280 g/mol. The van der Waals surface area contributed by atoms with E-state index in [1.54, 1.807) is 0 Å². The van der Waals surface area contributed by atoms with Gasteiger partial charge in [0.05, 0.1) is 12.1 Å². The highest BCUT2D eigenvalue weighted by atomic mass is 19.3. The summed E-state index contributed by atoms with van der Waals surface area (Å²) in [6, 6.07) is 10.4. The minimum atomic E-state index is -2.26. The maximum absolute atomic E-state index is 12.9. The summed E-state index contributed by atoms with van der Waals surface area (Å²) < 4.78 is 25.7. The second kappa shape index (κ2) is 5.41. The van der Waals surface area contributed by atoms with Gasteiger partial charge in [-0.15, -0.1) is 0 Å². The van der Waals surface area contributed by atoms with Crippen LogP contribution >= 0.6 is 0 Å². The highest BCUT2D eigenvalue weighted by Gasteiger charge is 2.43. The van der Waals surface area contributed by atoms with Crippen LogP contribution in [-0.2, 0) is 5.54 Å². The van der Waals surface area contributed by atoms with E-state index in [-0.39, 0.29) is 18.1 Å². The highest BCUT2D eigenvalue weighted by molar-refractivity contribution is 5.25. The zero-order chi connectivity index (χ0) is 14.2. The molecule has 2 unspecified atom stereocenters. The van der Waals surface area contributed by atoms with Crippen molar-refractivity contribution < 1.29 is 8.78 Å². The smallest absolute Gasteiger partial charge is 0.251 e. The van der Waals surface area contributed by atoms with Crippen LogP contribution in [0.15, 0.2) is 30.3 Å². The minimum Gasteiger partial charge on any atom is -0.305 e. The summed E-state index contributed by atoms with van der Waals surface area (Å²) in [6.45, 7) is 3.47. The highest BCUT2D eigenvalue weighted by Crippen LogP contribution is 2.39. The van der Waals surface area contributed by atoms with Crippen LogP contribution in [0.3, 0.4) is 0 Å². The number of piperazine rings is 1. The van der Waals surface area contributed by atoms with Gasteiger partial charge in [0.1, 0.15) is 0 Å². The molecule has 1 aliphatic heterocycles. The van der Waals surface area contributed by atoms with Crippen molar-refractivity contribution in [3.05, 3.63) is 35.9 Å². The predicted octanol–water partition coefficient (Wildman–Crippen LogP) is 2.85. The number of hydrogen-bond acceptors (Lipinski definition) is 2. The van der Waals surface area contributed by atoms with Gasteiger partial charge in [0.25, 0.3) is 6.43 Å². The number of alkyl halides is 2. The van der Waals surface area contributed by atoms with Gasteiger partial charge in [-0.25, -0.2) is 8.78 Å². The summed E-state index contributed by atoms with van der Waals surface area (Å²) in [4.78, 5) is 2.01. The molecular weight excluding hydrogens is 258 g/mol. The second-order valence-corrected chi connectivity index (χ2v) is 6.30. The third-order valence-electron chi connectivity index (χ3n) is 4.64. The molecule has 1 N–H and O–H groups in total. The Morgan fingerprint density at radius 1 is 1.30 bits per heavy atom. The molecular formula is C16H22F2N2. The van der Waals surface area contributed by atoms with Crippen molar-refractivity contribution in [1.29, 1.82) is 0 Å². The minimum absolute atomic E-state index is 0.106. The van der Waals surface area contributed by atoms with Crippen LogP contribution in [0.2, 0.25) is 0 Å². The van der Waals surface area contributed by atoms with Gasteiger partial charge in [0.15, 0.2) is 0 Å². The third kappa shape index (κ3) is 2.86. The molecule has 20 heavy (non-hydrogen) atoms. The zero-order valence-electron chi connectivity index (χ0n) is 11.9. The average Bonchev–Trinajstić information content (AvgIpc) is 3.24. The Hall–Kier alpha value is -1.00. The van der Waals surface area contributed by atoms with Crippen molar-refractivity contribution in [1.82, 2.24) is 10.2 Å². The van der Waals surface area contributed by atoms with E-state index in [0.29, 0.717) is 12.5 Å². The molecule has 1 saturated heterocycles. The Morgan fingerprint density at radius 2 is 2.00 bits per heavy atom.